The Labute approximate surface area is 107 Å². The lowest BCUT2D eigenvalue weighted by Gasteiger charge is -2.32. The highest BCUT2D eigenvalue weighted by Crippen LogP contribution is 2.32. The second kappa shape index (κ2) is 4.48. The van der Waals surface area contributed by atoms with Gasteiger partial charge < -0.3 is 10.5 Å². The topological polar surface area (TPSA) is 68.5 Å². The van der Waals surface area contributed by atoms with Crippen molar-refractivity contribution in [2.24, 2.45) is 0 Å². The lowest BCUT2D eigenvalue weighted by molar-refractivity contribution is 0.0578. The number of hydrogen-bond acceptors (Lipinski definition) is 4. The van der Waals surface area contributed by atoms with E-state index >= 15 is 0 Å². The first kappa shape index (κ1) is 12.7. The number of ether oxygens (including phenoxy) is 1. The first-order valence-corrected chi connectivity index (χ1v) is 6.11. The van der Waals surface area contributed by atoms with Crippen LogP contribution in [0.1, 0.15) is 32.8 Å². The summed E-state index contributed by atoms with van der Waals surface area (Å²) in [6.45, 7) is 6.19. The molecule has 1 aliphatic heterocycles. The normalized spacial score (nSPS) is 15.2. The van der Waals surface area contributed by atoms with Crippen molar-refractivity contribution in [1.82, 2.24) is 4.98 Å². The van der Waals surface area contributed by atoms with Crippen LogP contribution in [0.25, 0.3) is 0 Å². The molecule has 0 saturated carbocycles. The van der Waals surface area contributed by atoms with E-state index in [4.69, 9.17) is 10.5 Å². The molecule has 0 radical (unpaired) electrons. The average molecular weight is 249 g/mol. The van der Waals surface area contributed by atoms with Gasteiger partial charge in [0.25, 0.3) is 0 Å². The Morgan fingerprint density at radius 2 is 2.17 bits per heavy atom. The lowest BCUT2D eigenvalue weighted by Crippen LogP contribution is -2.40. The lowest BCUT2D eigenvalue weighted by atomic mass is 10.0. The van der Waals surface area contributed by atoms with Gasteiger partial charge in [-0.1, -0.05) is 0 Å². The molecule has 1 amide bonds. The molecule has 2 N–H and O–H groups in total. The number of nitrogens with two attached hydrogens (primary N) is 1. The number of carbonyl (C=O) groups excluding carboxylic acids is 1. The van der Waals surface area contributed by atoms with E-state index in [1.54, 1.807) is 17.3 Å². The van der Waals surface area contributed by atoms with Gasteiger partial charge in [0.1, 0.15) is 5.60 Å². The van der Waals surface area contributed by atoms with Gasteiger partial charge in [0.2, 0.25) is 0 Å². The number of anilines is 2. The Kier molecular flexibility index (Phi) is 3.15. The van der Waals surface area contributed by atoms with Gasteiger partial charge >= 0.3 is 6.09 Å². The maximum atomic E-state index is 12.2. The first-order chi connectivity index (χ1) is 8.38. The van der Waals surface area contributed by atoms with Gasteiger partial charge in [-0.15, -0.1) is 0 Å². The third kappa shape index (κ3) is 2.55. The minimum Gasteiger partial charge on any atom is -0.443 e. The van der Waals surface area contributed by atoms with Gasteiger partial charge in [-0.2, -0.15) is 0 Å². The van der Waals surface area contributed by atoms with E-state index in [1.807, 2.05) is 20.8 Å². The number of fused-ring (bicyclic) bond motifs is 1. The molecule has 0 saturated heterocycles. The van der Waals surface area contributed by atoms with Crippen molar-refractivity contribution < 1.29 is 9.53 Å². The fourth-order valence-corrected chi connectivity index (χ4v) is 2.07. The number of nitrogens with zero attached hydrogens (tertiary/aromatic N) is 2. The SMILES string of the molecule is CC(C)(C)OC(=O)N1CCCc2cncc(N)c21. The number of aromatic nitrogens is 1. The average Bonchev–Trinajstić information content (AvgIpc) is 2.26. The van der Waals surface area contributed by atoms with Crippen LogP contribution in [0.2, 0.25) is 0 Å². The maximum Gasteiger partial charge on any atom is 0.414 e. The third-order valence-corrected chi connectivity index (χ3v) is 2.73. The molecule has 5 heteroatoms. The Balaban J connectivity index is 2.30. The van der Waals surface area contributed by atoms with Crippen LogP contribution in [0.15, 0.2) is 12.4 Å². The number of nitrogen functional groups attached to an aromatic ring is 1. The van der Waals surface area contributed by atoms with E-state index in [0.29, 0.717) is 12.2 Å². The number of pyridine rings is 1. The fraction of sp³-hybridized carbons (Fsp3) is 0.538. The maximum absolute atomic E-state index is 12.2. The number of rotatable bonds is 0. The molecular weight excluding hydrogens is 230 g/mol. The van der Waals surface area contributed by atoms with Crippen molar-refractivity contribution >= 4 is 17.5 Å². The van der Waals surface area contributed by atoms with Crippen molar-refractivity contribution in [1.29, 1.82) is 0 Å². The van der Waals surface area contributed by atoms with Gasteiger partial charge in [0, 0.05) is 12.7 Å². The summed E-state index contributed by atoms with van der Waals surface area (Å²) in [5.74, 6) is 0. The highest BCUT2D eigenvalue weighted by atomic mass is 16.6. The molecule has 0 unspecified atom stereocenters. The Morgan fingerprint density at radius 3 is 2.83 bits per heavy atom. The number of amides is 1. The quantitative estimate of drug-likeness (QED) is 0.766. The van der Waals surface area contributed by atoms with E-state index < -0.39 is 5.60 Å². The minimum absolute atomic E-state index is 0.346. The summed E-state index contributed by atoms with van der Waals surface area (Å²) in [6.07, 6.45) is 4.79. The van der Waals surface area contributed by atoms with Crippen LogP contribution in [-0.2, 0) is 11.2 Å². The summed E-state index contributed by atoms with van der Waals surface area (Å²) in [7, 11) is 0. The molecule has 2 rings (SSSR count). The molecule has 0 bridgehead atoms. The molecule has 1 aromatic heterocycles. The van der Waals surface area contributed by atoms with Crippen molar-refractivity contribution in [3.63, 3.8) is 0 Å². The second-order valence-electron chi connectivity index (χ2n) is 5.47. The Morgan fingerprint density at radius 1 is 1.44 bits per heavy atom. The van der Waals surface area contributed by atoms with Gasteiger partial charge in [0.15, 0.2) is 0 Å². The summed E-state index contributed by atoms with van der Waals surface area (Å²) >= 11 is 0. The van der Waals surface area contributed by atoms with Crippen LogP contribution in [0.3, 0.4) is 0 Å². The van der Waals surface area contributed by atoms with Crippen LogP contribution in [0, 0.1) is 0 Å². The van der Waals surface area contributed by atoms with Crippen LogP contribution in [-0.4, -0.2) is 23.2 Å². The molecule has 0 atom stereocenters. The summed E-state index contributed by atoms with van der Waals surface area (Å²) in [6, 6.07) is 0. The van der Waals surface area contributed by atoms with E-state index in [0.717, 1.165) is 24.1 Å². The zero-order valence-corrected chi connectivity index (χ0v) is 11.1. The smallest absolute Gasteiger partial charge is 0.414 e. The Hall–Kier alpha value is -1.78. The van der Waals surface area contributed by atoms with E-state index in [2.05, 4.69) is 4.98 Å². The van der Waals surface area contributed by atoms with Crippen molar-refractivity contribution in [2.75, 3.05) is 17.2 Å². The first-order valence-electron chi connectivity index (χ1n) is 6.11. The highest BCUT2D eigenvalue weighted by molar-refractivity contribution is 5.93. The fourth-order valence-electron chi connectivity index (χ4n) is 2.07. The third-order valence-electron chi connectivity index (χ3n) is 2.73. The minimum atomic E-state index is -0.503. The largest absolute Gasteiger partial charge is 0.443 e. The molecule has 5 nitrogen and oxygen atoms in total. The van der Waals surface area contributed by atoms with Crippen molar-refractivity contribution in [3.05, 3.63) is 18.0 Å². The summed E-state index contributed by atoms with van der Waals surface area (Å²) < 4.78 is 5.40. The van der Waals surface area contributed by atoms with E-state index in [1.165, 1.54) is 0 Å². The monoisotopic (exact) mass is 249 g/mol. The zero-order valence-electron chi connectivity index (χ0n) is 11.1. The molecule has 18 heavy (non-hydrogen) atoms. The number of carbonyl (C=O) groups is 1. The van der Waals surface area contributed by atoms with E-state index in [-0.39, 0.29) is 6.09 Å². The summed E-state index contributed by atoms with van der Waals surface area (Å²) in [4.78, 5) is 17.8. The standard InChI is InChI=1S/C13H19N3O2/c1-13(2,3)18-12(17)16-6-4-5-9-7-15-8-10(14)11(9)16/h7-8H,4-6,14H2,1-3H3. The van der Waals surface area contributed by atoms with Crippen molar-refractivity contribution in [3.8, 4) is 0 Å². The predicted molar refractivity (Wildman–Crippen MR) is 70.6 cm³/mol. The number of hydrogen-bond donors (Lipinski definition) is 1. The summed E-state index contributed by atoms with van der Waals surface area (Å²) in [5, 5.41) is 0. The molecule has 2 heterocycles. The van der Waals surface area contributed by atoms with Crippen LogP contribution in [0.4, 0.5) is 16.2 Å². The molecule has 0 spiro atoms. The molecule has 0 aromatic carbocycles. The van der Waals surface area contributed by atoms with Crippen LogP contribution < -0.4 is 10.6 Å². The predicted octanol–water partition coefficient (Wildman–Crippen LogP) is 2.35. The molecule has 98 valence electrons. The Bertz CT molecular complexity index is 466. The molecule has 1 aliphatic rings. The molecule has 0 aliphatic carbocycles. The molecule has 1 aromatic rings. The van der Waals surface area contributed by atoms with Gasteiger partial charge in [0.05, 0.1) is 17.6 Å². The highest BCUT2D eigenvalue weighted by Gasteiger charge is 2.28. The zero-order chi connectivity index (χ0) is 13.3. The van der Waals surface area contributed by atoms with Gasteiger partial charge in [-0.3, -0.25) is 9.88 Å². The second-order valence-corrected chi connectivity index (χ2v) is 5.47. The van der Waals surface area contributed by atoms with Crippen LogP contribution >= 0.6 is 0 Å². The van der Waals surface area contributed by atoms with Crippen LogP contribution in [0.5, 0.6) is 0 Å². The van der Waals surface area contributed by atoms with Crippen molar-refractivity contribution in [2.45, 2.75) is 39.2 Å². The molecule has 0 fully saturated rings. The van der Waals surface area contributed by atoms with Gasteiger partial charge in [-0.25, -0.2) is 4.79 Å². The summed E-state index contributed by atoms with van der Waals surface area (Å²) in [5.41, 5.74) is 7.71. The number of aryl methyl sites for hydroxylation is 1. The van der Waals surface area contributed by atoms with E-state index in [9.17, 15) is 4.79 Å². The van der Waals surface area contributed by atoms with Gasteiger partial charge in [-0.05, 0) is 39.2 Å². The molecular formula is C13H19N3O2.